The number of rotatable bonds is 2. The van der Waals surface area contributed by atoms with Crippen LogP contribution in [0.3, 0.4) is 0 Å². The largest absolute Gasteiger partial charge is 0.332 e. The van der Waals surface area contributed by atoms with Crippen LogP contribution in [0.25, 0.3) is 5.69 Å². The predicted molar refractivity (Wildman–Crippen MR) is 62.0 cm³/mol. The molecule has 0 amide bonds. The van der Waals surface area contributed by atoms with Crippen molar-refractivity contribution in [2.45, 2.75) is 13.3 Å². The second-order valence-corrected chi connectivity index (χ2v) is 3.45. The van der Waals surface area contributed by atoms with Crippen molar-refractivity contribution in [3.63, 3.8) is 0 Å². The minimum atomic E-state index is -0.409. The molecular formula is C12H12N2O2. The molecule has 0 spiro atoms. The van der Waals surface area contributed by atoms with E-state index in [1.165, 1.54) is 6.20 Å². The third-order valence-electron chi connectivity index (χ3n) is 2.45. The maximum atomic E-state index is 12.0. The molecule has 1 aromatic heterocycles. The first-order valence-corrected chi connectivity index (χ1v) is 5.13. The average molecular weight is 216 g/mol. The highest BCUT2D eigenvalue weighted by Gasteiger charge is 2.06. The molecule has 0 aliphatic rings. The smallest absolute Gasteiger partial charge is 0.313 e. The van der Waals surface area contributed by atoms with E-state index >= 15 is 0 Å². The fourth-order valence-electron chi connectivity index (χ4n) is 1.58. The Morgan fingerprint density at radius 3 is 2.50 bits per heavy atom. The van der Waals surface area contributed by atoms with E-state index in [2.05, 4.69) is 4.98 Å². The van der Waals surface area contributed by atoms with Gasteiger partial charge in [0, 0.05) is 11.8 Å². The lowest BCUT2D eigenvalue weighted by atomic mass is 10.2. The van der Waals surface area contributed by atoms with E-state index in [4.69, 9.17) is 0 Å². The van der Waals surface area contributed by atoms with E-state index in [9.17, 15) is 9.59 Å². The Kier molecular flexibility index (Phi) is 2.72. The van der Waals surface area contributed by atoms with Crippen LogP contribution in [0.5, 0.6) is 0 Å². The molecule has 0 bridgehead atoms. The van der Waals surface area contributed by atoms with Gasteiger partial charge in [0.05, 0.1) is 5.69 Å². The molecule has 0 unspecified atom stereocenters. The van der Waals surface area contributed by atoms with Gasteiger partial charge in [-0.3, -0.25) is 4.79 Å². The molecule has 0 radical (unpaired) electrons. The van der Waals surface area contributed by atoms with Crippen molar-refractivity contribution in [2.75, 3.05) is 0 Å². The molecule has 2 aromatic rings. The maximum absolute atomic E-state index is 12.0. The summed E-state index contributed by atoms with van der Waals surface area (Å²) in [6.45, 7) is 1.88. The quantitative estimate of drug-likeness (QED) is 0.816. The van der Waals surface area contributed by atoms with Gasteiger partial charge < -0.3 is 4.98 Å². The summed E-state index contributed by atoms with van der Waals surface area (Å²) in [6.07, 6.45) is 2.08. The lowest BCUT2D eigenvalue weighted by Gasteiger charge is -2.05. The summed E-state index contributed by atoms with van der Waals surface area (Å²) in [6, 6.07) is 8.89. The number of nitrogens with zero attached hydrogens (tertiary/aromatic N) is 1. The first kappa shape index (κ1) is 10.4. The summed E-state index contributed by atoms with van der Waals surface area (Å²) >= 11 is 0. The molecule has 0 atom stereocenters. The summed E-state index contributed by atoms with van der Waals surface area (Å²) in [5.41, 5.74) is 0.526. The Bertz CT molecular complexity index is 596. The first-order valence-electron chi connectivity index (χ1n) is 5.13. The monoisotopic (exact) mass is 216 g/mol. The third kappa shape index (κ3) is 1.69. The summed E-state index contributed by atoms with van der Waals surface area (Å²) in [7, 11) is 0. The first-order chi connectivity index (χ1) is 7.74. The van der Waals surface area contributed by atoms with Gasteiger partial charge in [-0.25, -0.2) is 9.36 Å². The van der Waals surface area contributed by atoms with Crippen LogP contribution >= 0.6 is 0 Å². The fraction of sp³-hybridized carbons (Fsp3) is 0.167. The van der Waals surface area contributed by atoms with Gasteiger partial charge in [-0.15, -0.1) is 0 Å². The molecule has 2 rings (SSSR count). The number of benzene rings is 1. The van der Waals surface area contributed by atoms with Crippen molar-refractivity contribution in [1.82, 2.24) is 9.55 Å². The average Bonchev–Trinajstić information content (AvgIpc) is 2.31. The van der Waals surface area contributed by atoms with Gasteiger partial charge in [0.25, 0.3) is 5.56 Å². The number of aromatic amines is 1. The van der Waals surface area contributed by atoms with Crippen LogP contribution < -0.4 is 11.2 Å². The Labute approximate surface area is 92.2 Å². The minimum absolute atomic E-state index is 0.252. The zero-order valence-corrected chi connectivity index (χ0v) is 8.93. The highest BCUT2D eigenvalue weighted by atomic mass is 16.2. The Morgan fingerprint density at radius 2 is 1.88 bits per heavy atom. The molecule has 1 heterocycles. The molecule has 1 aromatic carbocycles. The summed E-state index contributed by atoms with van der Waals surface area (Å²) < 4.78 is 1.15. The highest BCUT2D eigenvalue weighted by molar-refractivity contribution is 5.31. The lowest BCUT2D eigenvalue weighted by Crippen LogP contribution is -2.35. The molecule has 4 nitrogen and oxygen atoms in total. The SMILES string of the molecule is CCc1c[nH]c(=O)n(-c2ccccc2)c1=O. The predicted octanol–water partition coefficient (Wildman–Crippen LogP) is 1.09. The summed E-state index contributed by atoms with van der Waals surface area (Å²) in [5.74, 6) is 0. The molecule has 0 aliphatic carbocycles. The Hall–Kier alpha value is -2.10. The fourth-order valence-corrected chi connectivity index (χ4v) is 1.58. The van der Waals surface area contributed by atoms with Crippen molar-refractivity contribution >= 4 is 0 Å². The standard InChI is InChI=1S/C12H12N2O2/c1-2-9-8-13-12(16)14(11(9)15)10-6-4-3-5-7-10/h3-8H,2H2,1H3,(H,13,16). The van der Waals surface area contributed by atoms with Gasteiger partial charge in [0.2, 0.25) is 0 Å². The van der Waals surface area contributed by atoms with E-state index < -0.39 is 5.69 Å². The van der Waals surface area contributed by atoms with Gasteiger partial charge in [-0.1, -0.05) is 25.1 Å². The van der Waals surface area contributed by atoms with Crippen LogP contribution in [0.15, 0.2) is 46.1 Å². The van der Waals surface area contributed by atoms with Crippen molar-refractivity contribution in [3.8, 4) is 5.69 Å². The van der Waals surface area contributed by atoms with Gasteiger partial charge in [-0.05, 0) is 18.6 Å². The molecule has 82 valence electrons. The van der Waals surface area contributed by atoms with E-state index in [0.717, 1.165) is 4.57 Å². The van der Waals surface area contributed by atoms with Gasteiger partial charge in [0.1, 0.15) is 0 Å². The van der Waals surface area contributed by atoms with Crippen LogP contribution in [0.2, 0.25) is 0 Å². The number of para-hydroxylation sites is 1. The number of aromatic nitrogens is 2. The molecule has 0 saturated carbocycles. The zero-order chi connectivity index (χ0) is 11.5. The van der Waals surface area contributed by atoms with E-state index in [0.29, 0.717) is 17.7 Å². The van der Waals surface area contributed by atoms with Crippen LogP contribution in [0.4, 0.5) is 0 Å². The Morgan fingerprint density at radius 1 is 1.19 bits per heavy atom. The van der Waals surface area contributed by atoms with Crippen molar-refractivity contribution in [1.29, 1.82) is 0 Å². The maximum Gasteiger partial charge on any atom is 0.332 e. The number of hydrogen-bond donors (Lipinski definition) is 1. The van der Waals surface area contributed by atoms with E-state index in [-0.39, 0.29) is 5.56 Å². The Balaban J connectivity index is 2.75. The lowest BCUT2D eigenvalue weighted by molar-refractivity contribution is 0.841. The molecule has 4 heteroatoms. The molecule has 16 heavy (non-hydrogen) atoms. The number of H-pyrrole nitrogens is 1. The van der Waals surface area contributed by atoms with Crippen molar-refractivity contribution in [3.05, 3.63) is 62.9 Å². The van der Waals surface area contributed by atoms with E-state index in [1.54, 1.807) is 24.3 Å². The van der Waals surface area contributed by atoms with Gasteiger partial charge >= 0.3 is 5.69 Å². The molecule has 0 saturated heterocycles. The second-order valence-electron chi connectivity index (χ2n) is 3.45. The minimum Gasteiger partial charge on any atom is -0.313 e. The number of aryl methyl sites for hydroxylation is 1. The third-order valence-corrected chi connectivity index (χ3v) is 2.45. The zero-order valence-electron chi connectivity index (χ0n) is 8.93. The summed E-state index contributed by atoms with van der Waals surface area (Å²) in [4.78, 5) is 26.1. The topological polar surface area (TPSA) is 54.9 Å². The van der Waals surface area contributed by atoms with E-state index in [1.807, 2.05) is 13.0 Å². The second kappa shape index (κ2) is 4.18. The number of nitrogens with one attached hydrogen (secondary N) is 1. The van der Waals surface area contributed by atoms with Crippen molar-refractivity contribution < 1.29 is 0 Å². The molecule has 0 fully saturated rings. The van der Waals surface area contributed by atoms with Crippen LogP contribution in [-0.4, -0.2) is 9.55 Å². The van der Waals surface area contributed by atoms with Crippen LogP contribution in [0.1, 0.15) is 12.5 Å². The normalized spacial score (nSPS) is 10.3. The van der Waals surface area contributed by atoms with Crippen molar-refractivity contribution in [2.24, 2.45) is 0 Å². The molecule has 0 aliphatic heterocycles. The van der Waals surface area contributed by atoms with Crippen LogP contribution in [0, 0.1) is 0 Å². The molecule has 1 N–H and O–H groups in total. The van der Waals surface area contributed by atoms with Gasteiger partial charge in [0.15, 0.2) is 0 Å². The highest BCUT2D eigenvalue weighted by Crippen LogP contribution is 2.00. The molecular weight excluding hydrogens is 204 g/mol. The number of hydrogen-bond acceptors (Lipinski definition) is 2. The summed E-state index contributed by atoms with van der Waals surface area (Å²) in [5, 5.41) is 0. The van der Waals surface area contributed by atoms with Crippen LogP contribution in [-0.2, 0) is 6.42 Å². The van der Waals surface area contributed by atoms with Gasteiger partial charge in [-0.2, -0.15) is 0 Å².